The van der Waals surface area contributed by atoms with E-state index in [1.165, 1.54) is 0 Å². The Balaban J connectivity index is 2.08. The minimum atomic E-state index is -0.790. The van der Waals surface area contributed by atoms with Crippen LogP contribution in [0.5, 0.6) is 0 Å². The molecule has 0 amide bonds. The highest BCUT2D eigenvalue weighted by Gasteiger charge is 1.92. The molecule has 0 aliphatic heterocycles. The van der Waals surface area contributed by atoms with Crippen LogP contribution in [0.15, 0.2) is 66.7 Å². The average molecular weight is 209 g/mol. The van der Waals surface area contributed by atoms with Gasteiger partial charge in [0.25, 0.3) is 0 Å². The Morgan fingerprint density at radius 2 is 1.38 bits per heavy atom. The van der Waals surface area contributed by atoms with Crippen molar-refractivity contribution in [1.82, 2.24) is 0 Å². The second-order valence-corrected chi connectivity index (χ2v) is 3.60. The van der Waals surface area contributed by atoms with Gasteiger partial charge < -0.3 is 5.11 Å². The smallest absolute Gasteiger partial charge is 0.0260 e. The lowest BCUT2D eigenvalue weighted by Gasteiger charge is -2.17. The Labute approximate surface area is 95.7 Å². The SMILES string of the molecule is [O-]C(C=Cc1ccccc1)c1ccccc1. The molecule has 16 heavy (non-hydrogen) atoms. The summed E-state index contributed by atoms with van der Waals surface area (Å²) < 4.78 is 0. The first-order valence-electron chi connectivity index (χ1n) is 5.30. The molecule has 2 aromatic carbocycles. The van der Waals surface area contributed by atoms with E-state index in [1.807, 2.05) is 66.7 Å². The minimum Gasteiger partial charge on any atom is -0.846 e. The van der Waals surface area contributed by atoms with Crippen LogP contribution in [0, 0.1) is 0 Å². The Kier molecular flexibility index (Phi) is 3.52. The topological polar surface area (TPSA) is 23.1 Å². The van der Waals surface area contributed by atoms with Crippen LogP contribution in [0.4, 0.5) is 0 Å². The highest BCUT2D eigenvalue weighted by atomic mass is 16.3. The summed E-state index contributed by atoms with van der Waals surface area (Å²) in [4.78, 5) is 0. The third-order valence-corrected chi connectivity index (χ3v) is 2.39. The lowest BCUT2D eigenvalue weighted by atomic mass is 10.1. The van der Waals surface area contributed by atoms with Gasteiger partial charge in [-0.2, -0.15) is 0 Å². The molecule has 0 radical (unpaired) electrons. The summed E-state index contributed by atoms with van der Waals surface area (Å²) in [6, 6.07) is 19.2. The average Bonchev–Trinajstić information content (AvgIpc) is 2.38. The van der Waals surface area contributed by atoms with Crippen LogP contribution in [0.1, 0.15) is 17.2 Å². The van der Waals surface area contributed by atoms with Crippen molar-refractivity contribution in [1.29, 1.82) is 0 Å². The molecule has 0 aliphatic rings. The summed E-state index contributed by atoms with van der Waals surface area (Å²) in [5.41, 5.74) is 1.86. The Bertz CT molecular complexity index is 445. The second kappa shape index (κ2) is 5.29. The van der Waals surface area contributed by atoms with E-state index in [2.05, 4.69) is 0 Å². The van der Waals surface area contributed by atoms with Gasteiger partial charge >= 0.3 is 0 Å². The Morgan fingerprint density at radius 1 is 0.812 bits per heavy atom. The first-order chi connectivity index (χ1) is 7.86. The van der Waals surface area contributed by atoms with Gasteiger partial charge in [-0.1, -0.05) is 84.5 Å². The molecular weight excluding hydrogens is 196 g/mol. The third-order valence-electron chi connectivity index (χ3n) is 2.39. The van der Waals surface area contributed by atoms with Gasteiger partial charge in [-0.05, 0) is 5.56 Å². The van der Waals surface area contributed by atoms with Crippen LogP contribution in [0.25, 0.3) is 6.08 Å². The van der Waals surface area contributed by atoms with Crippen LogP contribution in [0.2, 0.25) is 0 Å². The van der Waals surface area contributed by atoms with Gasteiger partial charge in [-0.15, -0.1) is 0 Å². The second-order valence-electron chi connectivity index (χ2n) is 3.60. The zero-order valence-corrected chi connectivity index (χ0v) is 8.91. The predicted molar refractivity (Wildman–Crippen MR) is 64.7 cm³/mol. The van der Waals surface area contributed by atoms with Gasteiger partial charge in [0.05, 0.1) is 0 Å². The molecule has 1 nitrogen and oxygen atoms in total. The number of rotatable bonds is 3. The summed E-state index contributed by atoms with van der Waals surface area (Å²) in [7, 11) is 0. The molecule has 0 heterocycles. The Hall–Kier alpha value is -1.86. The first kappa shape index (κ1) is 10.7. The largest absolute Gasteiger partial charge is 0.846 e. The molecule has 0 aliphatic carbocycles. The van der Waals surface area contributed by atoms with Crippen LogP contribution in [-0.2, 0) is 0 Å². The summed E-state index contributed by atoms with van der Waals surface area (Å²) in [5.74, 6) is 0. The molecule has 0 bridgehead atoms. The van der Waals surface area contributed by atoms with Gasteiger partial charge in [-0.25, -0.2) is 0 Å². The van der Waals surface area contributed by atoms with Crippen molar-refractivity contribution < 1.29 is 5.11 Å². The fraction of sp³-hybridized carbons (Fsp3) is 0.0667. The number of hydrogen-bond donors (Lipinski definition) is 0. The van der Waals surface area contributed by atoms with E-state index in [-0.39, 0.29) is 0 Å². The summed E-state index contributed by atoms with van der Waals surface area (Å²) >= 11 is 0. The van der Waals surface area contributed by atoms with Gasteiger partial charge in [-0.3, -0.25) is 0 Å². The van der Waals surface area contributed by atoms with E-state index < -0.39 is 6.10 Å². The molecule has 0 saturated carbocycles. The molecule has 0 N–H and O–H groups in total. The molecular formula is C15H13O-. The lowest BCUT2D eigenvalue weighted by molar-refractivity contribution is -0.408. The van der Waals surface area contributed by atoms with Gasteiger partial charge in [0.15, 0.2) is 0 Å². The standard InChI is InChI=1S/C15H13O/c16-15(14-9-5-2-6-10-14)12-11-13-7-3-1-4-8-13/h1-12,15H/q-1. The van der Waals surface area contributed by atoms with E-state index in [4.69, 9.17) is 0 Å². The summed E-state index contributed by atoms with van der Waals surface area (Å²) in [5, 5.41) is 11.8. The van der Waals surface area contributed by atoms with E-state index in [0.717, 1.165) is 11.1 Å². The van der Waals surface area contributed by atoms with Crippen molar-refractivity contribution in [2.75, 3.05) is 0 Å². The monoisotopic (exact) mass is 209 g/mol. The predicted octanol–water partition coefficient (Wildman–Crippen LogP) is 2.80. The summed E-state index contributed by atoms with van der Waals surface area (Å²) in [6.45, 7) is 0. The van der Waals surface area contributed by atoms with Gasteiger partial charge in [0.1, 0.15) is 0 Å². The van der Waals surface area contributed by atoms with Gasteiger partial charge in [0.2, 0.25) is 0 Å². The summed E-state index contributed by atoms with van der Waals surface area (Å²) in [6.07, 6.45) is 2.76. The van der Waals surface area contributed by atoms with Crippen molar-refractivity contribution in [3.05, 3.63) is 77.9 Å². The van der Waals surface area contributed by atoms with Crippen molar-refractivity contribution in [2.24, 2.45) is 0 Å². The molecule has 1 unspecified atom stereocenters. The molecule has 2 rings (SSSR count). The first-order valence-corrected chi connectivity index (χ1v) is 5.30. The third kappa shape index (κ3) is 2.81. The molecule has 80 valence electrons. The van der Waals surface area contributed by atoms with Crippen molar-refractivity contribution in [3.63, 3.8) is 0 Å². The normalized spacial score (nSPS) is 12.8. The molecule has 0 fully saturated rings. The maximum atomic E-state index is 11.8. The zero-order chi connectivity index (χ0) is 11.2. The van der Waals surface area contributed by atoms with Gasteiger partial charge in [0, 0.05) is 0 Å². The van der Waals surface area contributed by atoms with E-state index in [1.54, 1.807) is 6.08 Å². The Morgan fingerprint density at radius 3 is 2.00 bits per heavy atom. The molecule has 1 atom stereocenters. The van der Waals surface area contributed by atoms with E-state index in [0.29, 0.717) is 0 Å². The van der Waals surface area contributed by atoms with Crippen LogP contribution < -0.4 is 5.11 Å². The highest BCUT2D eigenvalue weighted by molar-refractivity contribution is 5.49. The molecule has 2 aromatic rings. The fourth-order valence-corrected chi connectivity index (χ4v) is 1.52. The molecule has 0 aromatic heterocycles. The van der Waals surface area contributed by atoms with E-state index >= 15 is 0 Å². The van der Waals surface area contributed by atoms with Crippen molar-refractivity contribution in [2.45, 2.75) is 6.10 Å². The zero-order valence-electron chi connectivity index (χ0n) is 8.91. The minimum absolute atomic E-state index is 0.790. The number of benzene rings is 2. The fourth-order valence-electron chi connectivity index (χ4n) is 1.52. The quantitative estimate of drug-likeness (QED) is 0.762. The highest BCUT2D eigenvalue weighted by Crippen LogP contribution is 2.12. The molecule has 0 spiro atoms. The maximum absolute atomic E-state index is 11.8. The lowest BCUT2D eigenvalue weighted by Crippen LogP contribution is -2.11. The van der Waals surface area contributed by atoms with Crippen LogP contribution in [-0.4, -0.2) is 0 Å². The number of hydrogen-bond acceptors (Lipinski definition) is 1. The molecule has 0 saturated heterocycles. The maximum Gasteiger partial charge on any atom is -0.0260 e. The van der Waals surface area contributed by atoms with Crippen molar-refractivity contribution >= 4 is 6.08 Å². The van der Waals surface area contributed by atoms with Crippen LogP contribution >= 0.6 is 0 Å². The molecule has 1 heteroatoms. The van der Waals surface area contributed by atoms with Crippen LogP contribution in [0.3, 0.4) is 0 Å². The van der Waals surface area contributed by atoms with Crippen molar-refractivity contribution in [3.8, 4) is 0 Å². The van der Waals surface area contributed by atoms with E-state index in [9.17, 15) is 5.11 Å².